The fourth-order valence-corrected chi connectivity index (χ4v) is 4.54. The van der Waals surface area contributed by atoms with Crippen LogP contribution < -0.4 is 9.64 Å². The highest BCUT2D eigenvalue weighted by atomic mass is 16.5. The van der Waals surface area contributed by atoms with Gasteiger partial charge in [-0.2, -0.15) is 0 Å². The third-order valence-electron chi connectivity index (χ3n) is 5.40. The van der Waals surface area contributed by atoms with Crippen molar-refractivity contribution < 1.29 is 14.3 Å². The van der Waals surface area contributed by atoms with Gasteiger partial charge in [-0.05, 0) is 45.0 Å². The molecule has 0 unspecified atom stereocenters. The van der Waals surface area contributed by atoms with E-state index in [4.69, 9.17) is 4.74 Å². The second-order valence-corrected chi connectivity index (χ2v) is 6.88. The van der Waals surface area contributed by atoms with Crippen LogP contribution in [0, 0.1) is 23.7 Å². The van der Waals surface area contributed by atoms with Crippen LogP contribution >= 0.6 is 0 Å². The quantitative estimate of drug-likeness (QED) is 0.633. The van der Waals surface area contributed by atoms with Crippen LogP contribution in [0.4, 0.5) is 5.69 Å². The molecule has 1 heterocycles. The number of rotatable bonds is 3. The molecule has 1 aliphatic heterocycles. The molecule has 124 valence electrons. The number of carbonyl (C=O) groups excluding carboxylic acids is 2. The maximum atomic E-state index is 13.0. The first kappa shape index (κ1) is 15.2. The first-order chi connectivity index (χ1) is 11.5. The van der Waals surface area contributed by atoms with E-state index in [9.17, 15) is 9.59 Å². The van der Waals surface area contributed by atoms with Crippen molar-refractivity contribution in [1.82, 2.24) is 0 Å². The van der Waals surface area contributed by atoms with Gasteiger partial charge in [0, 0.05) is 11.8 Å². The molecule has 24 heavy (non-hydrogen) atoms. The Morgan fingerprint density at radius 3 is 2.00 bits per heavy atom. The summed E-state index contributed by atoms with van der Waals surface area (Å²) in [4.78, 5) is 27.3. The van der Waals surface area contributed by atoms with Gasteiger partial charge in [0.2, 0.25) is 11.8 Å². The third kappa shape index (κ3) is 1.92. The van der Waals surface area contributed by atoms with Crippen LogP contribution in [0.15, 0.2) is 47.6 Å². The van der Waals surface area contributed by atoms with E-state index in [0.717, 1.165) is 5.75 Å². The second-order valence-electron chi connectivity index (χ2n) is 6.88. The molecule has 1 saturated heterocycles. The number of hydrogen-bond donors (Lipinski definition) is 0. The molecule has 2 amide bonds. The molecule has 4 nitrogen and oxygen atoms in total. The smallest absolute Gasteiger partial charge is 0.238 e. The highest BCUT2D eigenvalue weighted by molar-refractivity contribution is 6.23. The zero-order chi connectivity index (χ0) is 17.0. The Labute approximate surface area is 141 Å². The van der Waals surface area contributed by atoms with Gasteiger partial charge >= 0.3 is 0 Å². The van der Waals surface area contributed by atoms with Crippen molar-refractivity contribution in [2.24, 2.45) is 23.7 Å². The van der Waals surface area contributed by atoms with Gasteiger partial charge in [-0.25, -0.2) is 4.90 Å². The van der Waals surface area contributed by atoms with Gasteiger partial charge < -0.3 is 4.74 Å². The summed E-state index contributed by atoms with van der Waals surface area (Å²) in [6, 6.07) is 7.20. The van der Waals surface area contributed by atoms with E-state index in [1.165, 1.54) is 16.0 Å². The van der Waals surface area contributed by atoms with E-state index in [1.807, 2.05) is 19.1 Å². The number of allylic oxidation sites excluding steroid dienone is 4. The molecule has 3 aliphatic rings. The number of ether oxygens (including phenoxy) is 1. The number of nitrogens with zero attached hydrogens (tertiary/aromatic N) is 1. The molecule has 0 spiro atoms. The van der Waals surface area contributed by atoms with Gasteiger partial charge in [-0.1, -0.05) is 23.3 Å². The van der Waals surface area contributed by atoms with Gasteiger partial charge in [0.25, 0.3) is 0 Å². The molecule has 1 saturated carbocycles. The van der Waals surface area contributed by atoms with Crippen LogP contribution in [0.3, 0.4) is 0 Å². The average Bonchev–Trinajstić information content (AvgIpc) is 3.19. The van der Waals surface area contributed by atoms with Crippen molar-refractivity contribution in [1.29, 1.82) is 0 Å². The van der Waals surface area contributed by atoms with Crippen LogP contribution in [0.25, 0.3) is 0 Å². The first-order valence-corrected chi connectivity index (χ1v) is 8.51. The summed E-state index contributed by atoms with van der Waals surface area (Å²) in [5.74, 6) is 0.333. The summed E-state index contributed by atoms with van der Waals surface area (Å²) in [6.07, 6.45) is 4.22. The monoisotopic (exact) mass is 323 g/mol. The molecule has 4 rings (SSSR count). The van der Waals surface area contributed by atoms with E-state index >= 15 is 0 Å². The fourth-order valence-electron chi connectivity index (χ4n) is 4.54. The minimum atomic E-state index is -0.232. The number of hydrogen-bond acceptors (Lipinski definition) is 3. The molecule has 2 aliphatic carbocycles. The van der Waals surface area contributed by atoms with Gasteiger partial charge in [-0.3, -0.25) is 9.59 Å². The summed E-state index contributed by atoms with van der Waals surface area (Å²) < 4.78 is 5.43. The Morgan fingerprint density at radius 2 is 1.54 bits per heavy atom. The SMILES string of the molecule is CCOc1ccc(N2C(=O)[C@H]3[C@H](C2=O)[C@H]2C=C[C@H]3C2=C(C)C)cc1. The molecule has 2 bridgehead atoms. The lowest BCUT2D eigenvalue weighted by Crippen LogP contribution is -2.33. The topological polar surface area (TPSA) is 46.6 Å². The summed E-state index contributed by atoms with van der Waals surface area (Å²) in [7, 11) is 0. The van der Waals surface area contributed by atoms with Crippen LogP contribution in [0.2, 0.25) is 0 Å². The van der Waals surface area contributed by atoms with Crippen LogP contribution in [0.5, 0.6) is 5.75 Å². The van der Waals surface area contributed by atoms with Crippen molar-refractivity contribution in [3.8, 4) is 5.75 Å². The molecule has 1 aromatic carbocycles. The number of fused-ring (bicyclic) bond motifs is 5. The molecule has 2 fully saturated rings. The van der Waals surface area contributed by atoms with Crippen molar-refractivity contribution in [2.45, 2.75) is 20.8 Å². The number of imide groups is 1. The predicted molar refractivity (Wildman–Crippen MR) is 91.6 cm³/mol. The van der Waals surface area contributed by atoms with Gasteiger partial charge in [0.05, 0.1) is 24.1 Å². The molecule has 1 aromatic rings. The van der Waals surface area contributed by atoms with Crippen molar-refractivity contribution in [3.63, 3.8) is 0 Å². The van der Waals surface area contributed by atoms with Gasteiger partial charge in [-0.15, -0.1) is 0 Å². The normalized spacial score (nSPS) is 30.3. The largest absolute Gasteiger partial charge is 0.494 e. The summed E-state index contributed by atoms with van der Waals surface area (Å²) in [5.41, 5.74) is 3.15. The average molecular weight is 323 g/mol. The number of anilines is 1. The molecular formula is C20H21NO3. The maximum absolute atomic E-state index is 13.0. The Hall–Kier alpha value is -2.36. The van der Waals surface area contributed by atoms with Crippen molar-refractivity contribution >= 4 is 17.5 Å². The molecule has 0 aromatic heterocycles. The highest BCUT2D eigenvalue weighted by Gasteiger charge is 2.61. The van der Waals surface area contributed by atoms with E-state index in [-0.39, 0.29) is 35.5 Å². The molecule has 0 N–H and O–H groups in total. The van der Waals surface area contributed by atoms with E-state index in [0.29, 0.717) is 12.3 Å². The fraction of sp³-hybridized carbons (Fsp3) is 0.400. The van der Waals surface area contributed by atoms with Crippen molar-refractivity contribution in [2.75, 3.05) is 11.5 Å². The Kier molecular flexibility index (Phi) is 3.37. The molecule has 0 radical (unpaired) electrons. The molecule has 4 heteroatoms. The minimum Gasteiger partial charge on any atom is -0.494 e. The van der Waals surface area contributed by atoms with Crippen LogP contribution in [0.1, 0.15) is 20.8 Å². The highest BCUT2D eigenvalue weighted by Crippen LogP contribution is 2.57. The standard InChI is InChI=1S/C20H21NO3/c1-4-24-13-7-5-12(6-8-13)21-19(22)17-14-9-10-15(16(14)11(2)3)18(17)20(21)23/h5-10,14-15,17-18H,4H2,1-3H3/t14-,15-,17+,18+/m0/s1. The molecule has 4 atom stereocenters. The molecular weight excluding hydrogens is 302 g/mol. The lowest BCUT2D eigenvalue weighted by atomic mass is 9.85. The van der Waals surface area contributed by atoms with Crippen LogP contribution in [-0.2, 0) is 9.59 Å². The minimum absolute atomic E-state index is 0.0650. The number of amides is 2. The Balaban J connectivity index is 1.67. The number of benzene rings is 1. The van der Waals surface area contributed by atoms with E-state index < -0.39 is 0 Å². The maximum Gasteiger partial charge on any atom is 0.238 e. The number of carbonyl (C=O) groups is 2. The summed E-state index contributed by atoms with van der Waals surface area (Å²) in [5, 5.41) is 0. The van der Waals surface area contributed by atoms with Gasteiger partial charge in [0.1, 0.15) is 5.75 Å². The second kappa shape index (κ2) is 5.33. The van der Waals surface area contributed by atoms with E-state index in [2.05, 4.69) is 26.0 Å². The Bertz CT molecular complexity index is 737. The van der Waals surface area contributed by atoms with Crippen molar-refractivity contribution in [3.05, 3.63) is 47.6 Å². The van der Waals surface area contributed by atoms with E-state index in [1.54, 1.807) is 12.1 Å². The third-order valence-corrected chi connectivity index (χ3v) is 5.40. The summed E-state index contributed by atoms with van der Waals surface area (Å²) >= 11 is 0. The lowest BCUT2D eigenvalue weighted by Gasteiger charge is -2.19. The van der Waals surface area contributed by atoms with Crippen LogP contribution in [-0.4, -0.2) is 18.4 Å². The summed E-state index contributed by atoms with van der Waals surface area (Å²) in [6.45, 7) is 6.66. The zero-order valence-corrected chi connectivity index (χ0v) is 14.2. The van der Waals surface area contributed by atoms with Gasteiger partial charge in [0.15, 0.2) is 0 Å². The predicted octanol–water partition coefficient (Wildman–Crippen LogP) is 3.34. The Morgan fingerprint density at radius 1 is 1.00 bits per heavy atom. The lowest BCUT2D eigenvalue weighted by molar-refractivity contribution is -0.122. The zero-order valence-electron chi connectivity index (χ0n) is 14.2. The first-order valence-electron chi connectivity index (χ1n) is 8.51.